The standard InChI is InChI=1S/C19H21N7O3S/c1-12(16-20-21-17(29-16)13-4-6-15(7-5-13)26(27)28)30-19-23-22-18(24-10-2-3-11-24)25(19)14-8-9-14/h4-7,12,14H,2-3,8-11H2,1H3. The summed E-state index contributed by atoms with van der Waals surface area (Å²) in [6.07, 6.45) is 4.71. The third-order valence-corrected chi connectivity index (χ3v) is 6.39. The summed E-state index contributed by atoms with van der Waals surface area (Å²) < 4.78 is 8.11. The van der Waals surface area contributed by atoms with Crippen molar-refractivity contribution in [3.8, 4) is 11.5 Å². The minimum absolute atomic E-state index is 0.0237. The van der Waals surface area contributed by atoms with E-state index >= 15 is 0 Å². The molecule has 3 aromatic rings. The molecule has 1 aliphatic carbocycles. The smallest absolute Gasteiger partial charge is 0.269 e. The number of thioether (sulfide) groups is 1. The second kappa shape index (κ2) is 7.71. The maximum atomic E-state index is 10.8. The molecular formula is C19H21N7O3S. The van der Waals surface area contributed by atoms with Crippen molar-refractivity contribution in [1.82, 2.24) is 25.0 Å². The average molecular weight is 427 g/mol. The molecule has 10 nitrogen and oxygen atoms in total. The van der Waals surface area contributed by atoms with Gasteiger partial charge in [0.25, 0.3) is 5.69 Å². The maximum absolute atomic E-state index is 10.8. The largest absolute Gasteiger partial charge is 0.419 e. The number of rotatable bonds is 7. The highest BCUT2D eigenvalue weighted by Gasteiger charge is 2.33. The minimum atomic E-state index is -0.436. The first kappa shape index (κ1) is 19.0. The molecule has 1 aromatic carbocycles. The Kier molecular flexibility index (Phi) is 4.89. The van der Waals surface area contributed by atoms with Gasteiger partial charge in [-0.1, -0.05) is 11.8 Å². The molecule has 2 aromatic heterocycles. The summed E-state index contributed by atoms with van der Waals surface area (Å²) in [5, 5.41) is 28.8. The highest BCUT2D eigenvalue weighted by atomic mass is 32.2. The zero-order valence-corrected chi connectivity index (χ0v) is 17.3. The van der Waals surface area contributed by atoms with Gasteiger partial charge in [-0.15, -0.1) is 20.4 Å². The molecule has 0 spiro atoms. The van der Waals surface area contributed by atoms with E-state index < -0.39 is 4.92 Å². The summed E-state index contributed by atoms with van der Waals surface area (Å²) in [5.74, 6) is 1.80. The van der Waals surface area contributed by atoms with Crippen molar-refractivity contribution < 1.29 is 9.34 Å². The van der Waals surface area contributed by atoms with Crippen LogP contribution in [-0.4, -0.2) is 43.0 Å². The molecule has 1 aliphatic heterocycles. The topological polar surface area (TPSA) is 116 Å². The first-order valence-electron chi connectivity index (χ1n) is 10.0. The lowest BCUT2D eigenvalue weighted by atomic mass is 10.2. The number of nitro groups is 1. The Morgan fingerprint density at radius 1 is 1.13 bits per heavy atom. The van der Waals surface area contributed by atoms with Crippen molar-refractivity contribution in [2.75, 3.05) is 18.0 Å². The van der Waals surface area contributed by atoms with E-state index in [9.17, 15) is 10.1 Å². The monoisotopic (exact) mass is 427 g/mol. The molecule has 1 saturated heterocycles. The van der Waals surface area contributed by atoms with Crippen LogP contribution in [0.2, 0.25) is 0 Å². The van der Waals surface area contributed by atoms with E-state index in [4.69, 9.17) is 4.42 Å². The lowest BCUT2D eigenvalue weighted by molar-refractivity contribution is -0.384. The van der Waals surface area contributed by atoms with E-state index in [1.807, 2.05) is 6.92 Å². The van der Waals surface area contributed by atoms with Crippen LogP contribution in [0.3, 0.4) is 0 Å². The maximum Gasteiger partial charge on any atom is 0.269 e. The van der Waals surface area contributed by atoms with E-state index in [1.54, 1.807) is 23.9 Å². The molecule has 0 radical (unpaired) electrons. The quantitative estimate of drug-likeness (QED) is 0.313. The summed E-state index contributed by atoms with van der Waals surface area (Å²) in [6, 6.07) is 6.55. The third kappa shape index (κ3) is 3.64. The van der Waals surface area contributed by atoms with Crippen LogP contribution in [0.5, 0.6) is 0 Å². The fraction of sp³-hybridized carbons (Fsp3) is 0.474. The average Bonchev–Trinajstić information content (AvgIpc) is 3.17. The minimum Gasteiger partial charge on any atom is -0.419 e. The molecule has 1 atom stereocenters. The summed E-state index contributed by atoms with van der Waals surface area (Å²) >= 11 is 1.56. The van der Waals surface area contributed by atoms with E-state index in [-0.39, 0.29) is 10.9 Å². The number of nitrogens with zero attached hydrogens (tertiary/aromatic N) is 7. The number of aromatic nitrogens is 5. The second-order valence-electron chi connectivity index (χ2n) is 7.59. The van der Waals surface area contributed by atoms with Crippen molar-refractivity contribution in [1.29, 1.82) is 0 Å². The van der Waals surface area contributed by atoms with E-state index in [1.165, 1.54) is 25.0 Å². The van der Waals surface area contributed by atoms with Crippen molar-refractivity contribution >= 4 is 23.4 Å². The number of benzene rings is 1. The van der Waals surface area contributed by atoms with Gasteiger partial charge in [-0.05, 0) is 44.7 Å². The summed E-state index contributed by atoms with van der Waals surface area (Å²) in [4.78, 5) is 12.7. The fourth-order valence-electron chi connectivity index (χ4n) is 3.58. The van der Waals surface area contributed by atoms with Gasteiger partial charge < -0.3 is 9.32 Å². The Balaban J connectivity index is 1.34. The zero-order valence-electron chi connectivity index (χ0n) is 16.5. The fourth-order valence-corrected chi connectivity index (χ4v) is 4.53. The first-order chi connectivity index (χ1) is 14.6. The third-order valence-electron chi connectivity index (χ3n) is 5.34. The molecule has 2 aliphatic rings. The number of hydrogen-bond acceptors (Lipinski definition) is 9. The van der Waals surface area contributed by atoms with Gasteiger partial charge >= 0.3 is 0 Å². The Hall–Kier alpha value is -2.95. The highest BCUT2D eigenvalue weighted by Crippen LogP contribution is 2.44. The molecule has 1 unspecified atom stereocenters. The molecule has 0 bridgehead atoms. The molecule has 0 amide bonds. The van der Waals surface area contributed by atoms with Crippen molar-refractivity contribution in [2.24, 2.45) is 0 Å². The summed E-state index contributed by atoms with van der Waals surface area (Å²) in [5.41, 5.74) is 0.671. The lowest BCUT2D eigenvalue weighted by Crippen LogP contribution is -2.22. The van der Waals surface area contributed by atoms with Crippen LogP contribution >= 0.6 is 11.8 Å². The van der Waals surface area contributed by atoms with Gasteiger partial charge in [-0.2, -0.15) is 0 Å². The van der Waals surface area contributed by atoms with Crippen LogP contribution in [0.1, 0.15) is 49.8 Å². The number of hydrogen-bond donors (Lipinski definition) is 0. The van der Waals surface area contributed by atoms with Crippen molar-refractivity contribution in [3.05, 3.63) is 40.3 Å². The van der Waals surface area contributed by atoms with Gasteiger partial charge in [0.05, 0.1) is 10.2 Å². The highest BCUT2D eigenvalue weighted by molar-refractivity contribution is 7.99. The van der Waals surface area contributed by atoms with Gasteiger partial charge in [-0.25, -0.2) is 0 Å². The normalized spacial score (nSPS) is 17.4. The van der Waals surface area contributed by atoms with Crippen LogP contribution in [0, 0.1) is 10.1 Å². The van der Waals surface area contributed by atoms with Crippen LogP contribution in [0.25, 0.3) is 11.5 Å². The van der Waals surface area contributed by atoms with E-state index in [2.05, 4.69) is 29.9 Å². The molecule has 11 heteroatoms. The predicted octanol–water partition coefficient (Wildman–Crippen LogP) is 4.02. The van der Waals surface area contributed by atoms with Gasteiger partial charge in [0.15, 0.2) is 5.16 Å². The molecule has 156 valence electrons. The van der Waals surface area contributed by atoms with Gasteiger partial charge in [0.1, 0.15) is 0 Å². The predicted molar refractivity (Wildman–Crippen MR) is 110 cm³/mol. The van der Waals surface area contributed by atoms with Crippen molar-refractivity contribution in [2.45, 2.75) is 49.1 Å². The first-order valence-corrected chi connectivity index (χ1v) is 10.9. The molecule has 1 saturated carbocycles. The second-order valence-corrected chi connectivity index (χ2v) is 8.90. The van der Waals surface area contributed by atoms with Crippen molar-refractivity contribution in [3.63, 3.8) is 0 Å². The van der Waals surface area contributed by atoms with Gasteiger partial charge in [0.2, 0.25) is 17.7 Å². The number of non-ortho nitro benzene ring substituents is 1. The molecule has 3 heterocycles. The Labute approximate surface area is 176 Å². The Bertz CT molecular complexity index is 1050. The molecule has 0 N–H and O–H groups in total. The lowest BCUT2D eigenvalue weighted by Gasteiger charge is -2.18. The Morgan fingerprint density at radius 2 is 1.87 bits per heavy atom. The number of nitro benzene ring substituents is 1. The molecule has 30 heavy (non-hydrogen) atoms. The zero-order chi connectivity index (χ0) is 20.7. The molecule has 5 rings (SSSR count). The molecular weight excluding hydrogens is 406 g/mol. The summed E-state index contributed by atoms with van der Waals surface area (Å²) in [6.45, 7) is 4.07. The van der Waals surface area contributed by atoms with Crippen LogP contribution < -0.4 is 4.90 Å². The van der Waals surface area contributed by atoms with Crippen LogP contribution in [0.15, 0.2) is 33.8 Å². The Morgan fingerprint density at radius 3 is 2.53 bits per heavy atom. The van der Waals surface area contributed by atoms with E-state index in [0.29, 0.717) is 23.4 Å². The van der Waals surface area contributed by atoms with Gasteiger partial charge in [0, 0.05) is 36.8 Å². The molecule has 2 fully saturated rings. The number of anilines is 1. The van der Waals surface area contributed by atoms with Gasteiger partial charge in [-0.3, -0.25) is 14.7 Å². The van der Waals surface area contributed by atoms with Crippen LogP contribution in [-0.2, 0) is 0 Å². The SMILES string of the molecule is CC(Sc1nnc(N2CCCC2)n1C1CC1)c1nnc(-c2ccc([N+](=O)[O-])cc2)o1. The van der Waals surface area contributed by atoms with Crippen LogP contribution in [0.4, 0.5) is 11.6 Å². The summed E-state index contributed by atoms with van der Waals surface area (Å²) in [7, 11) is 0. The van der Waals surface area contributed by atoms with E-state index in [0.717, 1.165) is 37.0 Å².